The smallest absolute Gasteiger partial charge is 0.144 e. The summed E-state index contributed by atoms with van der Waals surface area (Å²) in [7, 11) is 0. The Balaban J connectivity index is 2.49. The van der Waals surface area contributed by atoms with Gasteiger partial charge >= 0.3 is 0 Å². The third kappa shape index (κ3) is 1.59. The summed E-state index contributed by atoms with van der Waals surface area (Å²) in [5.41, 5.74) is 2.16. The van der Waals surface area contributed by atoms with Gasteiger partial charge in [-0.05, 0) is 0 Å². The molecule has 0 aliphatic carbocycles. The van der Waals surface area contributed by atoms with E-state index in [1.807, 2.05) is 36.4 Å². The first-order valence-electron chi connectivity index (χ1n) is 4.18. The molecule has 66 valence electrons. The SMILES string of the molecule is N#Cc1cc(-c2ccccc2)ncn1. The maximum Gasteiger partial charge on any atom is 0.144 e. The van der Waals surface area contributed by atoms with Gasteiger partial charge < -0.3 is 0 Å². The van der Waals surface area contributed by atoms with Crippen LogP contribution in [0.3, 0.4) is 0 Å². The van der Waals surface area contributed by atoms with Gasteiger partial charge in [0.2, 0.25) is 0 Å². The largest absolute Gasteiger partial charge is 0.236 e. The average molecular weight is 181 g/mol. The number of nitriles is 1. The first kappa shape index (κ1) is 8.39. The lowest BCUT2D eigenvalue weighted by Crippen LogP contribution is -1.88. The van der Waals surface area contributed by atoms with E-state index in [1.54, 1.807) is 6.07 Å². The Morgan fingerprint density at radius 3 is 2.57 bits per heavy atom. The lowest BCUT2D eigenvalue weighted by Gasteiger charge is -1.98. The van der Waals surface area contributed by atoms with Gasteiger partial charge in [-0.3, -0.25) is 0 Å². The Labute approximate surface area is 81.7 Å². The van der Waals surface area contributed by atoms with E-state index in [4.69, 9.17) is 5.26 Å². The van der Waals surface area contributed by atoms with Gasteiger partial charge in [-0.2, -0.15) is 5.26 Å². The van der Waals surface area contributed by atoms with Crippen LogP contribution in [0, 0.1) is 11.3 Å². The summed E-state index contributed by atoms with van der Waals surface area (Å²) in [6, 6.07) is 13.4. The fraction of sp³-hybridized carbons (Fsp3) is 0. The van der Waals surface area contributed by atoms with E-state index >= 15 is 0 Å². The summed E-state index contributed by atoms with van der Waals surface area (Å²) >= 11 is 0. The maximum atomic E-state index is 8.67. The van der Waals surface area contributed by atoms with Crippen molar-refractivity contribution in [1.29, 1.82) is 5.26 Å². The number of hydrogen-bond donors (Lipinski definition) is 0. The minimum absolute atomic E-state index is 0.388. The van der Waals surface area contributed by atoms with Crippen molar-refractivity contribution < 1.29 is 0 Å². The highest BCUT2D eigenvalue weighted by Gasteiger charge is 1.99. The lowest BCUT2D eigenvalue weighted by atomic mass is 10.1. The van der Waals surface area contributed by atoms with Gasteiger partial charge in [0.15, 0.2) is 0 Å². The summed E-state index contributed by atoms with van der Waals surface area (Å²) in [6.07, 6.45) is 1.40. The lowest BCUT2D eigenvalue weighted by molar-refractivity contribution is 1.14. The zero-order valence-corrected chi connectivity index (χ0v) is 7.38. The third-order valence-electron chi connectivity index (χ3n) is 1.85. The summed E-state index contributed by atoms with van der Waals surface area (Å²) in [5.74, 6) is 0. The molecular weight excluding hydrogens is 174 g/mol. The van der Waals surface area contributed by atoms with Gasteiger partial charge in [0.05, 0.1) is 5.69 Å². The molecule has 0 amide bonds. The predicted molar refractivity (Wildman–Crippen MR) is 52.2 cm³/mol. The predicted octanol–water partition coefficient (Wildman–Crippen LogP) is 2.02. The Hall–Kier alpha value is -2.21. The molecule has 3 nitrogen and oxygen atoms in total. The average Bonchev–Trinajstić information content (AvgIpc) is 2.30. The highest BCUT2D eigenvalue weighted by molar-refractivity contribution is 5.59. The molecule has 2 rings (SSSR count). The van der Waals surface area contributed by atoms with Crippen LogP contribution >= 0.6 is 0 Å². The van der Waals surface area contributed by atoms with E-state index < -0.39 is 0 Å². The third-order valence-corrected chi connectivity index (χ3v) is 1.85. The summed E-state index contributed by atoms with van der Waals surface area (Å²) in [5, 5.41) is 8.67. The second kappa shape index (κ2) is 3.67. The van der Waals surface area contributed by atoms with Gasteiger partial charge in [0, 0.05) is 11.6 Å². The first-order chi connectivity index (χ1) is 6.90. The molecular formula is C11H7N3. The first-order valence-corrected chi connectivity index (χ1v) is 4.18. The number of aromatic nitrogens is 2. The zero-order valence-electron chi connectivity index (χ0n) is 7.38. The summed E-state index contributed by atoms with van der Waals surface area (Å²) in [4.78, 5) is 7.91. The van der Waals surface area contributed by atoms with Gasteiger partial charge in [-0.15, -0.1) is 0 Å². The molecule has 0 spiro atoms. The molecule has 2 aromatic rings. The van der Waals surface area contributed by atoms with Crippen LogP contribution < -0.4 is 0 Å². The number of hydrogen-bond acceptors (Lipinski definition) is 3. The van der Waals surface area contributed by atoms with Gasteiger partial charge in [0.1, 0.15) is 18.1 Å². The maximum absolute atomic E-state index is 8.67. The van der Waals surface area contributed by atoms with E-state index in [0.717, 1.165) is 11.3 Å². The topological polar surface area (TPSA) is 49.6 Å². The van der Waals surface area contributed by atoms with Crippen molar-refractivity contribution in [3.8, 4) is 17.3 Å². The fourth-order valence-electron chi connectivity index (χ4n) is 1.19. The van der Waals surface area contributed by atoms with Crippen LogP contribution in [-0.2, 0) is 0 Å². The minimum atomic E-state index is 0.388. The molecule has 1 aromatic carbocycles. The molecule has 1 aromatic heterocycles. The molecule has 0 saturated carbocycles. The van der Waals surface area contributed by atoms with Crippen LogP contribution in [0.2, 0.25) is 0 Å². The van der Waals surface area contributed by atoms with Crippen molar-refractivity contribution in [1.82, 2.24) is 9.97 Å². The highest BCUT2D eigenvalue weighted by atomic mass is 14.8. The molecule has 0 aliphatic heterocycles. The molecule has 0 aliphatic rings. The van der Waals surface area contributed by atoms with E-state index in [2.05, 4.69) is 9.97 Å². The van der Waals surface area contributed by atoms with Crippen molar-refractivity contribution in [2.45, 2.75) is 0 Å². The van der Waals surface area contributed by atoms with E-state index in [9.17, 15) is 0 Å². The molecule has 0 saturated heterocycles. The number of rotatable bonds is 1. The van der Waals surface area contributed by atoms with Crippen LogP contribution in [0.15, 0.2) is 42.7 Å². The highest BCUT2D eigenvalue weighted by Crippen LogP contribution is 2.15. The normalized spacial score (nSPS) is 9.36. The van der Waals surface area contributed by atoms with Crippen LogP contribution in [0.5, 0.6) is 0 Å². The van der Waals surface area contributed by atoms with Crippen LogP contribution in [0.1, 0.15) is 5.69 Å². The Morgan fingerprint density at radius 1 is 1.07 bits per heavy atom. The van der Waals surface area contributed by atoms with E-state index in [-0.39, 0.29) is 0 Å². The standard InChI is InChI=1S/C11H7N3/c12-7-10-6-11(14-8-13-10)9-4-2-1-3-5-9/h1-6,8H. The second-order valence-corrected chi connectivity index (χ2v) is 2.77. The summed E-state index contributed by atoms with van der Waals surface area (Å²) in [6.45, 7) is 0. The van der Waals surface area contributed by atoms with Crippen molar-refractivity contribution >= 4 is 0 Å². The van der Waals surface area contributed by atoms with Crippen LogP contribution in [0.25, 0.3) is 11.3 Å². The Morgan fingerprint density at radius 2 is 1.86 bits per heavy atom. The second-order valence-electron chi connectivity index (χ2n) is 2.77. The number of benzene rings is 1. The molecule has 0 unspecified atom stereocenters. The fourth-order valence-corrected chi connectivity index (χ4v) is 1.19. The molecule has 3 heteroatoms. The molecule has 0 fully saturated rings. The van der Waals surface area contributed by atoms with Crippen molar-refractivity contribution in [2.24, 2.45) is 0 Å². The van der Waals surface area contributed by atoms with Crippen LogP contribution in [0.4, 0.5) is 0 Å². The van der Waals surface area contributed by atoms with Crippen molar-refractivity contribution in [2.75, 3.05) is 0 Å². The van der Waals surface area contributed by atoms with Crippen molar-refractivity contribution in [3.05, 3.63) is 48.4 Å². The zero-order chi connectivity index (χ0) is 9.80. The van der Waals surface area contributed by atoms with Gasteiger partial charge in [-0.1, -0.05) is 30.3 Å². The van der Waals surface area contributed by atoms with Crippen molar-refractivity contribution in [3.63, 3.8) is 0 Å². The monoisotopic (exact) mass is 181 g/mol. The minimum Gasteiger partial charge on any atom is -0.236 e. The molecule has 14 heavy (non-hydrogen) atoms. The van der Waals surface area contributed by atoms with Crippen LogP contribution in [-0.4, -0.2) is 9.97 Å². The summed E-state index contributed by atoms with van der Waals surface area (Å²) < 4.78 is 0. The molecule has 1 heterocycles. The van der Waals surface area contributed by atoms with E-state index in [0.29, 0.717) is 5.69 Å². The molecule has 0 bridgehead atoms. The Bertz CT molecular complexity index is 471. The quantitative estimate of drug-likeness (QED) is 0.676. The van der Waals surface area contributed by atoms with Gasteiger partial charge in [0.25, 0.3) is 0 Å². The molecule has 0 N–H and O–H groups in total. The Kier molecular flexibility index (Phi) is 2.20. The molecule has 0 radical (unpaired) electrons. The van der Waals surface area contributed by atoms with Gasteiger partial charge in [-0.25, -0.2) is 9.97 Å². The molecule has 0 atom stereocenters. The van der Waals surface area contributed by atoms with E-state index in [1.165, 1.54) is 6.33 Å². The number of nitrogens with zero attached hydrogens (tertiary/aromatic N) is 3.